The molecule has 1 saturated heterocycles. The van der Waals surface area contributed by atoms with Crippen molar-refractivity contribution in [1.29, 1.82) is 0 Å². The Morgan fingerprint density at radius 2 is 2.16 bits per heavy atom. The van der Waals surface area contributed by atoms with Crippen molar-refractivity contribution in [2.24, 2.45) is 7.05 Å². The van der Waals surface area contributed by atoms with Gasteiger partial charge in [0.25, 0.3) is 0 Å². The third kappa shape index (κ3) is 4.19. The van der Waals surface area contributed by atoms with Crippen molar-refractivity contribution >= 4 is 23.3 Å². The van der Waals surface area contributed by atoms with E-state index in [4.69, 9.17) is 0 Å². The molecule has 0 aliphatic carbocycles. The summed E-state index contributed by atoms with van der Waals surface area (Å²) in [6, 6.07) is 4.53. The van der Waals surface area contributed by atoms with E-state index in [1.54, 1.807) is 17.4 Å². The molecule has 6 heteroatoms. The van der Waals surface area contributed by atoms with E-state index in [1.807, 2.05) is 31.7 Å². The maximum absolute atomic E-state index is 12.3. The standard InChI is InChI=1S/C19H26N4OS/c1-14-16(15(2)22(3)21-14)8-9-19(24)20-13-17(18-7-6-12-25-18)23-10-4-5-11-23/h6-9,12,17H,4-5,10-11,13H2,1-3H3,(H,20,24). The molecule has 0 saturated carbocycles. The summed E-state index contributed by atoms with van der Waals surface area (Å²) >= 11 is 1.76. The first-order valence-electron chi connectivity index (χ1n) is 8.80. The summed E-state index contributed by atoms with van der Waals surface area (Å²) in [6.45, 7) is 6.85. The number of nitrogens with one attached hydrogen (secondary N) is 1. The fourth-order valence-corrected chi connectivity index (χ4v) is 4.25. The van der Waals surface area contributed by atoms with Gasteiger partial charge in [0.1, 0.15) is 0 Å². The quantitative estimate of drug-likeness (QED) is 0.808. The Balaban J connectivity index is 1.62. The van der Waals surface area contributed by atoms with Crippen LogP contribution in [-0.4, -0.2) is 40.2 Å². The molecule has 1 aliphatic heterocycles. The van der Waals surface area contributed by atoms with Gasteiger partial charge in [-0.2, -0.15) is 5.10 Å². The lowest BCUT2D eigenvalue weighted by atomic mass is 10.2. The van der Waals surface area contributed by atoms with Crippen LogP contribution in [0.4, 0.5) is 0 Å². The van der Waals surface area contributed by atoms with Crippen molar-refractivity contribution in [3.63, 3.8) is 0 Å². The van der Waals surface area contributed by atoms with Crippen LogP contribution in [0.5, 0.6) is 0 Å². The lowest BCUT2D eigenvalue weighted by Gasteiger charge is -2.26. The van der Waals surface area contributed by atoms with Gasteiger partial charge in [-0.05, 0) is 57.3 Å². The van der Waals surface area contributed by atoms with Crippen LogP contribution >= 0.6 is 11.3 Å². The number of rotatable bonds is 6. The third-order valence-electron chi connectivity index (χ3n) is 4.89. The van der Waals surface area contributed by atoms with E-state index < -0.39 is 0 Å². The smallest absolute Gasteiger partial charge is 0.244 e. The second-order valence-electron chi connectivity index (χ2n) is 6.56. The van der Waals surface area contributed by atoms with Gasteiger partial charge in [-0.3, -0.25) is 14.4 Å². The molecule has 0 bridgehead atoms. The molecule has 1 atom stereocenters. The zero-order valence-electron chi connectivity index (χ0n) is 15.2. The Kier molecular flexibility index (Phi) is 5.71. The van der Waals surface area contributed by atoms with Crippen molar-refractivity contribution in [2.45, 2.75) is 32.7 Å². The van der Waals surface area contributed by atoms with Gasteiger partial charge in [0.05, 0.1) is 11.7 Å². The summed E-state index contributed by atoms with van der Waals surface area (Å²) in [5, 5.41) is 9.56. The first-order chi connectivity index (χ1) is 12.1. The Bertz CT molecular complexity index is 742. The number of aryl methyl sites for hydroxylation is 2. The second kappa shape index (κ2) is 7.97. The molecule has 0 spiro atoms. The van der Waals surface area contributed by atoms with Crippen molar-refractivity contribution in [2.75, 3.05) is 19.6 Å². The number of carbonyl (C=O) groups is 1. The minimum absolute atomic E-state index is 0.0524. The number of likely N-dealkylation sites (tertiary alicyclic amines) is 1. The van der Waals surface area contributed by atoms with Crippen LogP contribution in [0.1, 0.15) is 40.7 Å². The summed E-state index contributed by atoms with van der Waals surface area (Å²) < 4.78 is 1.84. The number of amides is 1. The van der Waals surface area contributed by atoms with Crippen LogP contribution in [0.15, 0.2) is 23.6 Å². The highest BCUT2D eigenvalue weighted by atomic mass is 32.1. The highest BCUT2D eigenvalue weighted by Crippen LogP contribution is 2.27. The number of nitrogens with zero attached hydrogens (tertiary/aromatic N) is 3. The van der Waals surface area contributed by atoms with Crippen molar-refractivity contribution < 1.29 is 4.79 Å². The van der Waals surface area contributed by atoms with Crippen molar-refractivity contribution in [3.8, 4) is 0 Å². The van der Waals surface area contributed by atoms with E-state index in [0.717, 1.165) is 30.0 Å². The Hall–Kier alpha value is -1.92. The lowest BCUT2D eigenvalue weighted by Crippen LogP contribution is -2.35. The minimum atomic E-state index is -0.0524. The van der Waals surface area contributed by atoms with E-state index in [1.165, 1.54) is 17.7 Å². The van der Waals surface area contributed by atoms with Gasteiger partial charge in [-0.25, -0.2) is 0 Å². The maximum atomic E-state index is 12.3. The van der Waals surface area contributed by atoms with Crippen molar-refractivity contribution in [1.82, 2.24) is 20.0 Å². The Labute approximate surface area is 153 Å². The number of aromatic nitrogens is 2. The third-order valence-corrected chi connectivity index (χ3v) is 5.86. The summed E-state index contributed by atoms with van der Waals surface area (Å²) in [5.41, 5.74) is 3.03. The maximum Gasteiger partial charge on any atom is 0.244 e. The minimum Gasteiger partial charge on any atom is -0.351 e. The van der Waals surface area contributed by atoms with Crippen LogP contribution in [0.25, 0.3) is 6.08 Å². The first kappa shape index (κ1) is 17.9. The van der Waals surface area contributed by atoms with Gasteiger partial charge in [0, 0.05) is 35.8 Å². The lowest BCUT2D eigenvalue weighted by molar-refractivity contribution is -0.116. The Morgan fingerprint density at radius 1 is 1.40 bits per heavy atom. The summed E-state index contributed by atoms with van der Waals surface area (Å²) in [4.78, 5) is 16.1. The molecule has 25 heavy (non-hydrogen) atoms. The predicted molar refractivity (Wildman–Crippen MR) is 103 cm³/mol. The van der Waals surface area contributed by atoms with Crippen LogP contribution in [0.2, 0.25) is 0 Å². The SMILES string of the molecule is Cc1nn(C)c(C)c1C=CC(=O)NCC(c1cccs1)N1CCCC1. The van der Waals surface area contributed by atoms with Crippen molar-refractivity contribution in [3.05, 3.63) is 45.4 Å². The molecule has 1 amide bonds. The van der Waals surface area contributed by atoms with Gasteiger partial charge in [-0.15, -0.1) is 11.3 Å². The molecular weight excluding hydrogens is 332 g/mol. The van der Waals surface area contributed by atoms with E-state index >= 15 is 0 Å². The fourth-order valence-electron chi connectivity index (χ4n) is 3.39. The number of thiophene rings is 1. The van der Waals surface area contributed by atoms with Gasteiger partial charge < -0.3 is 5.32 Å². The fraction of sp³-hybridized carbons (Fsp3) is 0.474. The largest absolute Gasteiger partial charge is 0.351 e. The number of carbonyl (C=O) groups excluding carboxylic acids is 1. The molecule has 3 heterocycles. The Morgan fingerprint density at radius 3 is 2.76 bits per heavy atom. The predicted octanol–water partition coefficient (Wildman–Crippen LogP) is 3.06. The molecule has 5 nitrogen and oxygen atoms in total. The molecule has 1 N–H and O–H groups in total. The molecular formula is C19H26N4OS. The molecule has 2 aromatic rings. The molecule has 0 radical (unpaired) electrons. The van der Waals surface area contributed by atoms with Gasteiger partial charge in [0.2, 0.25) is 5.91 Å². The highest BCUT2D eigenvalue weighted by molar-refractivity contribution is 7.10. The highest BCUT2D eigenvalue weighted by Gasteiger charge is 2.24. The van der Waals surface area contributed by atoms with E-state index in [9.17, 15) is 4.79 Å². The van der Waals surface area contributed by atoms with E-state index in [-0.39, 0.29) is 11.9 Å². The zero-order valence-corrected chi connectivity index (χ0v) is 16.0. The van der Waals surface area contributed by atoms with E-state index in [0.29, 0.717) is 6.54 Å². The molecule has 0 aromatic carbocycles. The van der Waals surface area contributed by atoms with Crippen LogP contribution in [0.3, 0.4) is 0 Å². The van der Waals surface area contributed by atoms with E-state index in [2.05, 4.69) is 32.8 Å². The number of hydrogen-bond acceptors (Lipinski definition) is 4. The summed E-state index contributed by atoms with van der Waals surface area (Å²) in [7, 11) is 1.92. The van der Waals surface area contributed by atoms with Gasteiger partial charge in [-0.1, -0.05) is 6.07 Å². The molecule has 3 rings (SSSR count). The monoisotopic (exact) mass is 358 g/mol. The molecule has 1 unspecified atom stereocenters. The molecule has 2 aromatic heterocycles. The molecule has 1 aliphatic rings. The van der Waals surface area contributed by atoms with Crippen LogP contribution < -0.4 is 5.32 Å². The second-order valence-corrected chi connectivity index (χ2v) is 7.54. The average Bonchev–Trinajstić information content (AvgIpc) is 3.32. The first-order valence-corrected chi connectivity index (χ1v) is 9.68. The van der Waals surface area contributed by atoms with Crippen LogP contribution in [0, 0.1) is 13.8 Å². The topological polar surface area (TPSA) is 50.2 Å². The summed E-state index contributed by atoms with van der Waals surface area (Å²) in [5.74, 6) is -0.0524. The van der Waals surface area contributed by atoms with Gasteiger partial charge >= 0.3 is 0 Å². The van der Waals surface area contributed by atoms with Crippen LogP contribution in [-0.2, 0) is 11.8 Å². The molecule has 134 valence electrons. The average molecular weight is 359 g/mol. The molecule has 1 fully saturated rings. The van der Waals surface area contributed by atoms with Gasteiger partial charge in [0.15, 0.2) is 0 Å². The number of hydrogen-bond donors (Lipinski definition) is 1. The summed E-state index contributed by atoms with van der Waals surface area (Å²) in [6.07, 6.45) is 5.97. The normalized spacial score (nSPS) is 16.6. The zero-order chi connectivity index (χ0) is 17.8.